The van der Waals surface area contributed by atoms with Crippen LogP contribution in [0, 0.1) is 5.82 Å². The predicted octanol–water partition coefficient (Wildman–Crippen LogP) is 1.22. The molecule has 0 radical (unpaired) electrons. The molecule has 0 aliphatic carbocycles. The molecule has 2 N–H and O–H groups in total. The topological polar surface area (TPSA) is 49.7 Å². The first kappa shape index (κ1) is 13.7. The largest absolute Gasteiger partial charge is 0.488 e. The Labute approximate surface area is 111 Å². The van der Waals surface area contributed by atoms with Crippen LogP contribution in [0.4, 0.5) is 4.39 Å². The Kier molecular flexibility index (Phi) is 4.68. The van der Waals surface area contributed by atoms with Crippen LogP contribution in [-0.2, 0) is 18.0 Å². The summed E-state index contributed by atoms with van der Waals surface area (Å²) >= 11 is 0. The number of hydrogen-bond donors (Lipinski definition) is 2. The molecular formula is C14H14BFO3. The van der Waals surface area contributed by atoms with Gasteiger partial charge >= 0.3 is 7.12 Å². The van der Waals surface area contributed by atoms with E-state index >= 15 is 0 Å². The van der Waals surface area contributed by atoms with Gasteiger partial charge in [-0.05, 0) is 17.1 Å². The standard InChI is InChI=1S/C14H14BFO3/c16-14-4-2-1-3-12(14)10-19-9-11-5-7-13(8-6-11)15(17)18/h1-8,17-18H,9-10H2. The van der Waals surface area contributed by atoms with Gasteiger partial charge in [-0.25, -0.2) is 4.39 Å². The minimum Gasteiger partial charge on any atom is -0.423 e. The van der Waals surface area contributed by atoms with Gasteiger partial charge in [0.1, 0.15) is 5.82 Å². The van der Waals surface area contributed by atoms with Crippen molar-refractivity contribution in [2.45, 2.75) is 13.2 Å². The third-order valence-electron chi connectivity index (χ3n) is 2.76. The number of hydrogen-bond acceptors (Lipinski definition) is 3. The van der Waals surface area contributed by atoms with Crippen LogP contribution >= 0.6 is 0 Å². The molecule has 0 spiro atoms. The molecule has 0 unspecified atom stereocenters. The second-order valence-corrected chi connectivity index (χ2v) is 4.20. The summed E-state index contributed by atoms with van der Waals surface area (Å²) in [7, 11) is -1.46. The minimum atomic E-state index is -1.46. The third kappa shape index (κ3) is 3.89. The zero-order chi connectivity index (χ0) is 13.7. The lowest BCUT2D eigenvalue weighted by molar-refractivity contribution is 0.105. The highest BCUT2D eigenvalue weighted by Crippen LogP contribution is 2.09. The molecule has 0 amide bonds. The van der Waals surface area contributed by atoms with E-state index in [0.29, 0.717) is 17.6 Å². The molecule has 2 aromatic carbocycles. The van der Waals surface area contributed by atoms with Crippen molar-refractivity contribution in [1.29, 1.82) is 0 Å². The Morgan fingerprint density at radius 1 is 0.947 bits per heavy atom. The van der Waals surface area contributed by atoms with Crippen LogP contribution in [0.3, 0.4) is 0 Å². The SMILES string of the molecule is OB(O)c1ccc(COCc2ccccc2F)cc1. The molecule has 0 fully saturated rings. The number of benzene rings is 2. The van der Waals surface area contributed by atoms with Gasteiger partial charge in [0.2, 0.25) is 0 Å². The first-order valence-corrected chi connectivity index (χ1v) is 5.93. The molecule has 0 saturated heterocycles. The smallest absolute Gasteiger partial charge is 0.423 e. The zero-order valence-electron chi connectivity index (χ0n) is 10.3. The number of halogens is 1. The van der Waals surface area contributed by atoms with E-state index in [1.54, 1.807) is 42.5 Å². The van der Waals surface area contributed by atoms with Crippen LogP contribution in [0.5, 0.6) is 0 Å². The monoisotopic (exact) mass is 260 g/mol. The fourth-order valence-electron chi connectivity index (χ4n) is 1.68. The molecule has 0 saturated carbocycles. The van der Waals surface area contributed by atoms with Crippen molar-refractivity contribution >= 4 is 12.6 Å². The molecule has 0 heterocycles. The van der Waals surface area contributed by atoms with E-state index < -0.39 is 7.12 Å². The van der Waals surface area contributed by atoms with Crippen molar-refractivity contribution in [1.82, 2.24) is 0 Å². The van der Waals surface area contributed by atoms with Crippen LogP contribution in [0.15, 0.2) is 48.5 Å². The van der Waals surface area contributed by atoms with Gasteiger partial charge in [-0.1, -0.05) is 42.5 Å². The highest BCUT2D eigenvalue weighted by molar-refractivity contribution is 6.58. The maximum absolute atomic E-state index is 13.3. The maximum Gasteiger partial charge on any atom is 0.488 e. The van der Waals surface area contributed by atoms with E-state index in [1.807, 2.05) is 0 Å². The van der Waals surface area contributed by atoms with Gasteiger partial charge in [-0.15, -0.1) is 0 Å². The first-order valence-electron chi connectivity index (χ1n) is 5.93. The Bertz CT molecular complexity index is 528. The summed E-state index contributed by atoms with van der Waals surface area (Å²) in [6.45, 7) is 0.549. The molecule has 2 aromatic rings. The zero-order valence-corrected chi connectivity index (χ0v) is 10.3. The summed E-state index contributed by atoms with van der Waals surface area (Å²) in [6.07, 6.45) is 0. The van der Waals surface area contributed by atoms with Crippen molar-refractivity contribution in [2.75, 3.05) is 0 Å². The first-order chi connectivity index (χ1) is 9.16. The van der Waals surface area contributed by atoms with E-state index in [-0.39, 0.29) is 12.4 Å². The van der Waals surface area contributed by atoms with Gasteiger partial charge in [-0.2, -0.15) is 0 Å². The van der Waals surface area contributed by atoms with E-state index in [0.717, 1.165) is 5.56 Å². The lowest BCUT2D eigenvalue weighted by Crippen LogP contribution is -2.29. The van der Waals surface area contributed by atoms with Crippen LogP contribution in [0.2, 0.25) is 0 Å². The lowest BCUT2D eigenvalue weighted by atomic mass is 9.80. The summed E-state index contributed by atoms with van der Waals surface area (Å²) in [5.41, 5.74) is 1.84. The molecule has 19 heavy (non-hydrogen) atoms. The predicted molar refractivity (Wildman–Crippen MR) is 71.2 cm³/mol. The normalized spacial score (nSPS) is 10.5. The van der Waals surface area contributed by atoms with Gasteiger partial charge in [0.05, 0.1) is 13.2 Å². The summed E-state index contributed by atoms with van der Waals surface area (Å²) < 4.78 is 18.7. The Morgan fingerprint density at radius 3 is 2.26 bits per heavy atom. The van der Waals surface area contributed by atoms with Crippen molar-refractivity contribution in [2.24, 2.45) is 0 Å². The average Bonchev–Trinajstić information content (AvgIpc) is 2.41. The summed E-state index contributed by atoms with van der Waals surface area (Å²) in [5.74, 6) is -0.277. The lowest BCUT2D eigenvalue weighted by Gasteiger charge is -2.06. The van der Waals surface area contributed by atoms with Gasteiger partial charge < -0.3 is 14.8 Å². The molecule has 0 aromatic heterocycles. The van der Waals surface area contributed by atoms with Crippen molar-refractivity contribution in [3.8, 4) is 0 Å². The molecule has 0 aliphatic rings. The Morgan fingerprint density at radius 2 is 1.63 bits per heavy atom. The van der Waals surface area contributed by atoms with Gasteiger partial charge in [-0.3, -0.25) is 0 Å². The van der Waals surface area contributed by atoms with Crippen molar-refractivity contribution < 1.29 is 19.2 Å². The molecule has 3 nitrogen and oxygen atoms in total. The van der Waals surface area contributed by atoms with Crippen LogP contribution in [0.25, 0.3) is 0 Å². The van der Waals surface area contributed by atoms with Crippen LogP contribution in [0.1, 0.15) is 11.1 Å². The third-order valence-corrected chi connectivity index (χ3v) is 2.76. The number of rotatable bonds is 5. The van der Waals surface area contributed by atoms with Crippen LogP contribution < -0.4 is 5.46 Å². The molecule has 2 rings (SSSR count). The Hall–Kier alpha value is -1.69. The Balaban J connectivity index is 1.87. The summed E-state index contributed by atoms with van der Waals surface area (Å²) in [6, 6.07) is 13.2. The van der Waals surface area contributed by atoms with Crippen molar-refractivity contribution in [3.63, 3.8) is 0 Å². The van der Waals surface area contributed by atoms with Gasteiger partial charge in [0.15, 0.2) is 0 Å². The average molecular weight is 260 g/mol. The minimum absolute atomic E-state index is 0.205. The molecule has 98 valence electrons. The molecular weight excluding hydrogens is 246 g/mol. The molecule has 5 heteroatoms. The van der Waals surface area contributed by atoms with Gasteiger partial charge in [0, 0.05) is 5.56 Å². The van der Waals surface area contributed by atoms with Crippen molar-refractivity contribution in [3.05, 3.63) is 65.5 Å². The quantitative estimate of drug-likeness (QED) is 0.795. The molecule has 0 bridgehead atoms. The van der Waals surface area contributed by atoms with E-state index in [1.165, 1.54) is 6.07 Å². The fourth-order valence-corrected chi connectivity index (χ4v) is 1.68. The molecule has 0 aliphatic heterocycles. The summed E-state index contributed by atoms with van der Waals surface area (Å²) in [5, 5.41) is 17.9. The fraction of sp³-hybridized carbons (Fsp3) is 0.143. The highest BCUT2D eigenvalue weighted by Gasteiger charge is 2.09. The van der Waals surface area contributed by atoms with E-state index in [9.17, 15) is 4.39 Å². The molecule has 0 atom stereocenters. The second-order valence-electron chi connectivity index (χ2n) is 4.20. The van der Waals surface area contributed by atoms with Gasteiger partial charge in [0.25, 0.3) is 0 Å². The maximum atomic E-state index is 13.3. The summed E-state index contributed by atoms with van der Waals surface area (Å²) in [4.78, 5) is 0. The van der Waals surface area contributed by atoms with E-state index in [4.69, 9.17) is 14.8 Å². The second kappa shape index (κ2) is 6.47. The van der Waals surface area contributed by atoms with Crippen LogP contribution in [-0.4, -0.2) is 17.2 Å². The number of ether oxygens (including phenoxy) is 1. The van der Waals surface area contributed by atoms with E-state index in [2.05, 4.69) is 0 Å². The highest BCUT2D eigenvalue weighted by atomic mass is 19.1.